The zero-order valence-corrected chi connectivity index (χ0v) is 18.1. The van der Waals surface area contributed by atoms with Gasteiger partial charge in [0.25, 0.3) is 17.2 Å². The number of carbonyl (C=O) groups is 1. The van der Waals surface area contributed by atoms with Gasteiger partial charge in [-0.1, -0.05) is 37.5 Å². The van der Waals surface area contributed by atoms with Crippen molar-refractivity contribution in [3.63, 3.8) is 0 Å². The van der Waals surface area contributed by atoms with Crippen molar-refractivity contribution in [2.24, 2.45) is 0 Å². The van der Waals surface area contributed by atoms with Crippen LogP contribution in [0.5, 0.6) is 5.75 Å². The summed E-state index contributed by atoms with van der Waals surface area (Å²) >= 11 is -2.39. The van der Waals surface area contributed by atoms with Crippen LogP contribution in [0.2, 0.25) is 0 Å². The zero-order valence-electron chi connectivity index (χ0n) is 17.3. The number of aromatic nitrogens is 1. The van der Waals surface area contributed by atoms with Crippen LogP contribution in [0.4, 0.5) is 0 Å². The Balaban J connectivity index is 1.77. The summed E-state index contributed by atoms with van der Waals surface area (Å²) in [6.07, 6.45) is 6.95. The summed E-state index contributed by atoms with van der Waals surface area (Å²) in [6, 6.07) is 13.8. The van der Waals surface area contributed by atoms with Crippen LogP contribution in [0.25, 0.3) is 22.2 Å². The maximum Gasteiger partial charge on any atom is 0.264 e. The molecule has 0 spiro atoms. The van der Waals surface area contributed by atoms with E-state index in [0.717, 1.165) is 29.8 Å². The minimum absolute atomic E-state index is 0.386. The van der Waals surface area contributed by atoms with Crippen molar-refractivity contribution in [3.05, 3.63) is 53.6 Å². The van der Waals surface area contributed by atoms with Gasteiger partial charge in [-0.3, -0.25) is 9.35 Å². The first-order valence-electron chi connectivity index (χ1n) is 10.9. The number of hydrogen-bond donors (Lipinski definition) is 2. The van der Waals surface area contributed by atoms with Gasteiger partial charge >= 0.3 is 0 Å². The van der Waals surface area contributed by atoms with E-state index >= 15 is 0 Å². The first kappa shape index (κ1) is 20.3. The lowest BCUT2D eigenvalue weighted by Gasteiger charge is -2.25. The van der Waals surface area contributed by atoms with Crippen molar-refractivity contribution in [1.29, 1.82) is 0 Å². The van der Waals surface area contributed by atoms with Gasteiger partial charge in [-0.25, -0.2) is 8.93 Å². The fourth-order valence-corrected chi connectivity index (χ4v) is 5.45. The average molecular weight is 439 g/mol. The number of amides is 1. The van der Waals surface area contributed by atoms with Crippen LogP contribution in [-0.2, 0) is 17.8 Å². The molecule has 1 amide bonds. The molecule has 1 atom stereocenters. The highest BCUT2D eigenvalue weighted by Gasteiger charge is 2.29. The third kappa shape index (κ3) is 3.77. The van der Waals surface area contributed by atoms with E-state index in [9.17, 15) is 9.00 Å². The number of rotatable bonds is 3. The number of benzene rings is 2. The third-order valence-corrected chi connectivity index (χ3v) is 6.85. The molecule has 2 aromatic carbocycles. The molecule has 2 aliphatic rings. The molecule has 1 fully saturated rings. The van der Waals surface area contributed by atoms with E-state index in [0.29, 0.717) is 18.1 Å². The van der Waals surface area contributed by atoms with Crippen LogP contribution < -0.4 is 9.46 Å². The molecule has 0 radical (unpaired) electrons. The number of aryl methyl sites for hydroxylation is 1. The summed E-state index contributed by atoms with van der Waals surface area (Å²) in [4.78, 5) is 12.4. The van der Waals surface area contributed by atoms with Crippen molar-refractivity contribution in [2.45, 2.75) is 51.0 Å². The maximum absolute atomic E-state index is 12.4. The molecule has 1 unspecified atom stereocenters. The van der Waals surface area contributed by atoms with E-state index in [1.54, 1.807) is 6.07 Å². The maximum atomic E-state index is 12.4. The zero-order chi connectivity index (χ0) is 21.4. The number of para-hydroxylation sites is 1. The molecule has 6 nitrogen and oxygen atoms in total. The third-order valence-electron chi connectivity index (χ3n) is 6.49. The van der Waals surface area contributed by atoms with Crippen molar-refractivity contribution in [3.8, 4) is 17.0 Å². The van der Waals surface area contributed by atoms with Gasteiger partial charge in [-0.15, -0.1) is 0 Å². The Labute approximate surface area is 184 Å². The first-order valence-corrected chi connectivity index (χ1v) is 12.0. The Morgan fingerprint density at radius 1 is 1.10 bits per heavy atom. The number of carbonyl (C=O) groups excluding carboxylic acids is 1. The second-order valence-electron chi connectivity index (χ2n) is 8.36. The SMILES string of the molecule is O=C(NS(=O)O)c1ccc2c(C3CCCCC3)c3n(c2c1)CCCOc1ccccc1-3. The van der Waals surface area contributed by atoms with E-state index in [-0.39, 0.29) is 0 Å². The molecule has 0 saturated heterocycles. The first-order chi connectivity index (χ1) is 15.1. The van der Waals surface area contributed by atoms with E-state index < -0.39 is 17.2 Å². The highest BCUT2D eigenvalue weighted by atomic mass is 32.2. The predicted octanol–water partition coefficient (Wildman–Crippen LogP) is 5.01. The standard InChI is InChI=1S/C24H26N2O4S/c27-24(25-31(28)29)17-11-12-18-20(15-17)26-13-6-14-30-21-10-5-4-9-19(21)23(26)22(18)16-7-2-1-3-8-16/h4-5,9-12,15-16H,1-3,6-8,13-14H2,(H,25,27)(H,28,29). The van der Waals surface area contributed by atoms with Crippen LogP contribution in [0.15, 0.2) is 42.5 Å². The summed E-state index contributed by atoms with van der Waals surface area (Å²) in [5.41, 5.74) is 5.04. The second kappa shape index (κ2) is 8.48. The number of hydrogen-bond acceptors (Lipinski definition) is 3. The molecule has 1 aliphatic heterocycles. The van der Waals surface area contributed by atoms with Crippen LogP contribution in [-0.4, -0.2) is 25.8 Å². The van der Waals surface area contributed by atoms with Crippen molar-refractivity contribution >= 4 is 28.1 Å². The monoisotopic (exact) mass is 438 g/mol. The fraction of sp³-hybridized carbons (Fsp3) is 0.375. The fourth-order valence-electron chi connectivity index (χ4n) is 5.18. The molecule has 3 aromatic rings. The lowest BCUT2D eigenvalue weighted by Crippen LogP contribution is -2.24. The van der Waals surface area contributed by atoms with Gasteiger partial charge < -0.3 is 9.30 Å². The van der Waals surface area contributed by atoms with Gasteiger partial charge in [-0.2, -0.15) is 0 Å². The van der Waals surface area contributed by atoms with Crippen molar-refractivity contribution < 1.29 is 18.3 Å². The smallest absolute Gasteiger partial charge is 0.264 e. The van der Waals surface area contributed by atoms with Gasteiger partial charge in [0.05, 0.1) is 12.3 Å². The van der Waals surface area contributed by atoms with Gasteiger partial charge in [0.1, 0.15) is 5.75 Å². The van der Waals surface area contributed by atoms with Crippen molar-refractivity contribution in [2.75, 3.05) is 6.61 Å². The molecule has 5 rings (SSSR count). The Kier molecular flexibility index (Phi) is 5.54. The van der Waals surface area contributed by atoms with Crippen LogP contribution in [0.3, 0.4) is 0 Å². The van der Waals surface area contributed by atoms with Crippen molar-refractivity contribution in [1.82, 2.24) is 9.29 Å². The van der Waals surface area contributed by atoms with Gasteiger partial charge in [0.2, 0.25) is 0 Å². The molecule has 0 bridgehead atoms. The average Bonchev–Trinajstić information content (AvgIpc) is 3.08. The molecule has 2 N–H and O–H groups in total. The van der Waals surface area contributed by atoms with E-state index in [4.69, 9.17) is 9.29 Å². The minimum Gasteiger partial charge on any atom is -0.493 e. The quantitative estimate of drug-likeness (QED) is 0.564. The molecule has 1 aromatic heterocycles. The van der Waals surface area contributed by atoms with Crippen LogP contribution in [0.1, 0.15) is 60.4 Å². The second-order valence-corrected chi connectivity index (χ2v) is 9.06. The number of nitrogens with zero attached hydrogens (tertiary/aromatic N) is 1. The summed E-state index contributed by atoms with van der Waals surface area (Å²) in [6.45, 7) is 1.43. The molecular formula is C24H26N2O4S. The Hall–Kier alpha value is -2.64. The van der Waals surface area contributed by atoms with Gasteiger partial charge in [0.15, 0.2) is 0 Å². The number of ether oxygens (including phenoxy) is 1. The molecule has 1 aliphatic carbocycles. The highest BCUT2D eigenvalue weighted by Crippen LogP contribution is 2.46. The predicted molar refractivity (Wildman–Crippen MR) is 122 cm³/mol. The highest BCUT2D eigenvalue weighted by molar-refractivity contribution is 7.77. The Morgan fingerprint density at radius 2 is 1.90 bits per heavy atom. The lowest BCUT2D eigenvalue weighted by molar-refractivity contribution is 0.0981. The van der Waals surface area contributed by atoms with Crippen LogP contribution >= 0.6 is 0 Å². The van der Waals surface area contributed by atoms with Crippen LogP contribution in [0, 0.1) is 0 Å². The molecule has 31 heavy (non-hydrogen) atoms. The largest absolute Gasteiger partial charge is 0.493 e. The minimum atomic E-state index is -2.39. The molecule has 7 heteroatoms. The van der Waals surface area contributed by atoms with E-state index in [1.807, 2.05) is 30.3 Å². The number of nitrogens with one attached hydrogen (secondary N) is 1. The molecular weight excluding hydrogens is 412 g/mol. The van der Waals surface area contributed by atoms with Gasteiger partial charge in [-0.05, 0) is 55.0 Å². The Bertz CT molecular complexity index is 1160. The Morgan fingerprint density at radius 3 is 2.71 bits per heavy atom. The van der Waals surface area contributed by atoms with E-state index in [2.05, 4.69) is 15.4 Å². The molecule has 162 valence electrons. The summed E-state index contributed by atoms with van der Waals surface area (Å²) in [5, 5.41) is 1.17. The number of fused-ring (bicyclic) bond motifs is 5. The molecule has 1 saturated carbocycles. The van der Waals surface area contributed by atoms with Gasteiger partial charge in [0, 0.05) is 28.6 Å². The lowest BCUT2D eigenvalue weighted by atomic mass is 9.81. The normalized spacial score (nSPS) is 17.7. The summed E-state index contributed by atoms with van der Waals surface area (Å²) in [5.74, 6) is 0.827. The summed E-state index contributed by atoms with van der Waals surface area (Å²) in [7, 11) is 0. The topological polar surface area (TPSA) is 80.6 Å². The molecule has 2 heterocycles. The van der Waals surface area contributed by atoms with E-state index in [1.165, 1.54) is 48.7 Å². The summed E-state index contributed by atoms with van der Waals surface area (Å²) < 4.78 is 30.6.